The van der Waals surface area contributed by atoms with Gasteiger partial charge in [0.15, 0.2) is 0 Å². The Balaban J connectivity index is -0.000000125. The molecule has 0 bridgehead atoms. The van der Waals surface area contributed by atoms with E-state index in [0.717, 1.165) is 26.4 Å². The van der Waals surface area contributed by atoms with Gasteiger partial charge in [-0.25, -0.2) is 0 Å². The van der Waals surface area contributed by atoms with Crippen LogP contribution in [0, 0.1) is 0 Å². The van der Waals surface area contributed by atoms with E-state index in [2.05, 4.69) is 0 Å². The molecule has 0 aromatic rings. The van der Waals surface area contributed by atoms with E-state index < -0.39 is 0 Å². The largest absolute Gasteiger partial charge is 2.00 e. The summed E-state index contributed by atoms with van der Waals surface area (Å²) in [5, 5.41) is 0. The molecule has 0 aromatic heterocycles. The summed E-state index contributed by atoms with van der Waals surface area (Å²) in [6, 6.07) is 0. The second kappa shape index (κ2) is 16.2. The summed E-state index contributed by atoms with van der Waals surface area (Å²) < 4.78 is 9.89. The predicted molar refractivity (Wildman–Crippen MR) is 40.1 cm³/mol. The molecule has 2 heterocycles. The molecule has 0 atom stereocenters. The van der Waals surface area contributed by atoms with Crippen LogP contribution >= 0.6 is 0 Å². The molecule has 2 aliphatic heterocycles. The van der Waals surface area contributed by atoms with Crippen molar-refractivity contribution in [2.45, 2.75) is 25.7 Å². The van der Waals surface area contributed by atoms with Gasteiger partial charge in [-0.1, -0.05) is 0 Å². The fourth-order valence-electron chi connectivity index (χ4n) is 1.02. The summed E-state index contributed by atoms with van der Waals surface area (Å²) in [6.07, 6.45) is 5.11. The third-order valence-electron chi connectivity index (χ3n) is 1.65. The molecule has 0 saturated carbocycles. The SMILES string of the molecule is C1CCOC1.C1CCOC1.[Br-].[Br-].[Zr+2]. The molecule has 0 amide bonds. The molecule has 0 unspecified atom stereocenters. The van der Waals surface area contributed by atoms with Gasteiger partial charge in [-0.15, -0.1) is 0 Å². The number of ether oxygens (including phenoxy) is 2. The van der Waals surface area contributed by atoms with Gasteiger partial charge < -0.3 is 43.4 Å². The molecule has 0 aromatic carbocycles. The molecule has 0 spiro atoms. The molecule has 2 rings (SSSR count). The van der Waals surface area contributed by atoms with Crippen LogP contribution < -0.4 is 34.0 Å². The molecule has 2 saturated heterocycles. The van der Waals surface area contributed by atoms with Crippen LogP contribution in [0.25, 0.3) is 0 Å². The smallest absolute Gasteiger partial charge is 1.00 e. The Bertz CT molecular complexity index is 53.3. The summed E-state index contributed by atoms with van der Waals surface area (Å²) in [5.74, 6) is 0. The second-order valence-corrected chi connectivity index (χ2v) is 2.64. The second-order valence-electron chi connectivity index (χ2n) is 2.64. The van der Waals surface area contributed by atoms with Gasteiger partial charge >= 0.3 is 26.2 Å². The van der Waals surface area contributed by atoms with E-state index in [1.54, 1.807) is 0 Å². The summed E-state index contributed by atoms with van der Waals surface area (Å²) in [4.78, 5) is 0. The van der Waals surface area contributed by atoms with Crippen LogP contribution in [0.4, 0.5) is 0 Å². The number of hydrogen-bond donors (Lipinski definition) is 0. The van der Waals surface area contributed by atoms with Gasteiger partial charge in [0.2, 0.25) is 0 Å². The zero-order valence-corrected chi connectivity index (χ0v) is 13.4. The number of rotatable bonds is 0. The van der Waals surface area contributed by atoms with Crippen LogP contribution in [0.2, 0.25) is 0 Å². The molecule has 2 nitrogen and oxygen atoms in total. The summed E-state index contributed by atoms with van der Waals surface area (Å²) in [7, 11) is 0. The van der Waals surface area contributed by atoms with Crippen LogP contribution in [-0.4, -0.2) is 26.4 Å². The van der Waals surface area contributed by atoms with Gasteiger partial charge in [0, 0.05) is 26.4 Å². The third-order valence-corrected chi connectivity index (χ3v) is 1.65. The van der Waals surface area contributed by atoms with Crippen LogP contribution in [0.1, 0.15) is 25.7 Å². The van der Waals surface area contributed by atoms with E-state index in [0.29, 0.717) is 0 Å². The minimum absolute atomic E-state index is 0. The van der Waals surface area contributed by atoms with Crippen LogP contribution in [0.5, 0.6) is 0 Å². The zero-order valence-electron chi connectivity index (χ0n) is 7.73. The van der Waals surface area contributed by atoms with Crippen molar-refractivity contribution in [1.29, 1.82) is 0 Å². The summed E-state index contributed by atoms with van der Waals surface area (Å²) >= 11 is 0. The molecular weight excluding hydrogens is 379 g/mol. The number of hydrogen-bond acceptors (Lipinski definition) is 2. The molecular formula is C8H16Br2O2Zr. The third kappa shape index (κ3) is 13.8. The zero-order chi connectivity index (χ0) is 7.07. The van der Waals surface area contributed by atoms with Crippen molar-refractivity contribution in [3.63, 3.8) is 0 Å². The molecule has 2 fully saturated rings. The van der Waals surface area contributed by atoms with Gasteiger partial charge in [-0.3, -0.25) is 0 Å². The van der Waals surface area contributed by atoms with Crippen molar-refractivity contribution in [3.8, 4) is 0 Å². The Kier molecular flexibility index (Phi) is 25.2. The molecule has 0 N–H and O–H groups in total. The van der Waals surface area contributed by atoms with E-state index in [4.69, 9.17) is 9.47 Å². The van der Waals surface area contributed by atoms with Crippen molar-refractivity contribution in [3.05, 3.63) is 0 Å². The van der Waals surface area contributed by atoms with Crippen molar-refractivity contribution < 1.29 is 69.6 Å². The van der Waals surface area contributed by atoms with Crippen molar-refractivity contribution >= 4 is 0 Å². The predicted octanol–water partition coefficient (Wildman–Crippen LogP) is -4.40. The number of halogens is 2. The summed E-state index contributed by atoms with van der Waals surface area (Å²) in [5.41, 5.74) is 0. The summed E-state index contributed by atoms with van der Waals surface area (Å²) in [6.45, 7) is 4.00. The van der Waals surface area contributed by atoms with Gasteiger partial charge in [0.1, 0.15) is 0 Å². The minimum Gasteiger partial charge on any atom is -1.00 e. The maximum Gasteiger partial charge on any atom is 2.00 e. The topological polar surface area (TPSA) is 18.5 Å². The maximum absolute atomic E-state index is 4.94. The Morgan fingerprint density at radius 1 is 0.538 bits per heavy atom. The average molecular weight is 395 g/mol. The van der Waals surface area contributed by atoms with Crippen molar-refractivity contribution in [2.24, 2.45) is 0 Å². The Hall–Kier alpha value is 1.76. The van der Waals surface area contributed by atoms with E-state index in [-0.39, 0.29) is 60.2 Å². The quantitative estimate of drug-likeness (QED) is 0.413. The Morgan fingerprint density at radius 2 is 0.769 bits per heavy atom. The van der Waals surface area contributed by atoms with Gasteiger partial charge in [0.05, 0.1) is 0 Å². The van der Waals surface area contributed by atoms with Gasteiger partial charge in [0.25, 0.3) is 0 Å². The molecule has 78 valence electrons. The molecule has 0 radical (unpaired) electrons. The first-order valence-electron chi connectivity index (χ1n) is 4.15. The van der Waals surface area contributed by atoms with E-state index >= 15 is 0 Å². The van der Waals surface area contributed by atoms with Crippen molar-refractivity contribution in [2.75, 3.05) is 26.4 Å². The minimum atomic E-state index is 0. The van der Waals surface area contributed by atoms with E-state index in [1.807, 2.05) is 0 Å². The van der Waals surface area contributed by atoms with Gasteiger partial charge in [-0.05, 0) is 25.7 Å². The molecule has 2 aliphatic rings. The van der Waals surface area contributed by atoms with Gasteiger partial charge in [-0.2, -0.15) is 0 Å². The van der Waals surface area contributed by atoms with E-state index in [1.165, 1.54) is 25.7 Å². The molecule has 5 heteroatoms. The van der Waals surface area contributed by atoms with Crippen LogP contribution in [0.3, 0.4) is 0 Å². The molecule has 0 aliphatic carbocycles. The van der Waals surface area contributed by atoms with E-state index in [9.17, 15) is 0 Å². The normalized spacial score (nSPS) is 18.5. The Morgan fingerprint density at radius 3 is 0.846 bits per heavy atom. The Labute approximate surface area is 121 Å². The first kappa shape index (κ1) is 20.2. The van der Waals surface area contributed by atoms with Crippen molar-refractivity contribution in [1.82, 2.24) is 0 Å². The molecule has 13 heavy (non-hydrogen) atoms. The first-order chi connectivity index (χ1) is 5.00. The maximum atomic E-state index is 4.94. The standard InChI is InChI=1S/2C4H8O.2BrH.Zr/c2*1-2-4-5-3-1;;;/h2*1-4H2;2*1H;/q;;;;+2/p-2. The van der Waals surface area contributed by atoms with Crippen LogP contribution in [-0.2, 0) is 35.7 Å². The fourth-order valence-corrected chi connectivity index (χ4v) is 1.02. The average Bonchev–Trinajstić information content (AvgIpc) is 2.67. The first-order valence-corrected chi connectivity index (χ1v) is 4.15. The fraction of sp³-hybridized carbons (Fsp3) is 1.00. The monoisotopic (exact) mass is 392 g/mol. The van der Waals surface area contributed by atoms with Crippen LogP contribution in [0.15, 0.2) is 0 Å².